The van der Waals surface area contributed by atoms with Crippen molar-refractivity contribution in [2.45, 2.75) is 57.7 Å². The third kappa shape index (κ3) is 8.70. The summed E-state index contributed by atoms with van der Waals surface area (Å²) in [5, 5.41) is 0. The lowest BCUT2D eigenvalue weighted by Gasteiger charge is -2.24. The van der Waals surface area contributed by atoms with Gasteiger partial charge in [0.25, 0.3) is 0 Å². The van der Waals surface area contributed by atoms with E-state index < -0.39 is 12.1 Å². The van der Waals surface area contributed by atoms with Crippen LogP contribution in [-0.2, 0) is 20.7 Å². The molecule has 1 aromatic heterocycles. The van der Waals surface area contributed by atoms with Crippen LogP contribution in [0.5, 0.6) is 5.75 Å². The van der Waals surface area contributed by atoms with E-state index in [0.29, 0.717) is 42.3 Å². The summed E-state index contributed by atoms with van der Waals surface area (Å²) in [5.74, 6) is 0.757. The van der Waals surface area contributed by atoms with Crippen LogP contribution >= 0.6 is 0 Å². The first kappa shape index (κ1) is 29.4. The van der Waals surface area contributed by atoms with Crippen molar-refractivity contribution in [1.29, 1.82) is 0 Å². The maximum Gasteiger partial charge on any atom is 0.323 e. The molecule has 208 valence electrons. The lowest BCUT2D eigenvalue weighted by molar-refractivity contribution is -0.151. The van der Waals surface area contributed by atoms with Crippen molar-refractivity contribution < 1.29 is 23.4 Å². The molecule has 0 bridgehead atoms. The number of nitrogens with zero attached hydrogens (tertiary/aromatic N) is 5. The fourth-order valence-electron chi connectivity index (χ4n) is 4.19. The number of amidine groups is 1. The molecule has 1 unspecified atom stereocenters. The molecule has 2 N–H and O–H groups in total. The number of benzene rings is 1. The van der Waals surface area contributed by atoms with Gasteiger partial charge >= 0.3 is 5.97 Å². The third-order valence-electron chi connectivity index (χ3n) is 6.27. The monoisotopic (exact) mass is 530 g/mol. The second-order valence-corrected chi connectivity index (χ2v) is 9.31. The van der Waals surface area contributed by atoms with E-state index in [1.165, 1.54) is 6.20 Å². The zero-order chi connectivity index (χ0) is 27.3. The van der Waals surface area contributed by atoms with Crippen molar-refractivity contribution >= 4 is 34.9 Å². The molecule has 0 amide bonds. The Morgan fingerprint density at radius 2 is 2.16 bits per heavy atom. The molecular weight excluding hydrogens is 491 g/mol. The maximum atomic E-state index is 14.8. The van der Waals surface area contributed by atoms with Gasteiger partial charge in [0.05, 0.1) is 11.7 Å². The number of carbonyl (C=O) groups is 1. The Morgan fingerprint density at radius 3 is 2.95 bits per heavy atom. The number of hydrogen-bond acceptors (Lipinski definition) is 9. The van der Waals surface area contributed by atoms with Crippen molar-refractivity contribution in [3.8, 4) is 5.75 Å². The summed E-state index contributed by atoms with van der Waals surface area (Å²) < 4.78 is 31.5. The Morgan fingerprint density at radius 1 is 1.32 bits per heavy atom. The standard InChI is InChI=1S/C27H39FN6O4/c1-4-14-36-18-24(30-2)31-12-11-19-9-10-21-25(33-23(29)15-32-21)26(19)37-16-20(28)17-38-27(35)22-8-6-5-7-13-34(22)3/h9-10,12,15,20,22H,4-8,11,13-14,16-18H2,1-3H3,(H2,29,33)/t20?,22-/m0/s1. The first-order valence-corrected chi connectivity index (χ1v) is 13.2. The topological polar surface area (TPSA) is 125 Å². The van der Waals surface area contributed by atoms with Gasteiger partial charge in [0.1, 0.15) is 43.0 Å². The summed E-state index contributed by atoms with van der Waals surface area (Å²) in [6, 6.07) is 3.30. The zero-order valence-electron chi connectivity index (χ0n) is 22.6. The van der Waals surface area contributed by atoms with Gasteiger partial charge in [-0.2, -0.15) is 0 Å². The van der Waals surface area contributed by atoms with Crippen LogP contribution in [0.4, 0.5) is 10.2 Å². The van der Waals surface area contributed by atoms with E-state index in [1.807, 2.05) is 24.9 Å². The number of carbonyl (C=O) groups excluding carboxylic acids is 1. The molecule has 1 aliphatic rings. The second-order valence-electron chi connectivity index (χ2n) is 9.31. The van der Waals surface area contributed by atoms with E-state index in [2.05, 4.69) is 20.0 Å². The molecule has 0 spiro atoms. The minimum atomic E-state index is -1.52. The Hall–Kier alpha value is -3.18. The van der Waals surface area contributed by atoms with Gasteiger partial charge in [-0.15, -0.1) is 0 Å². The number of nitrogens with two attached hydrogens (primary N) is 1. The number of aromatic nitrogens is 2. The molecule has 0 saturated carbocycles. The molecule has 1 saturated heterocycles. The van der Waals surface area contributed by atoms with E-state index >= 15 is 0 Å². The summed E-state index contributed by atoms with van der Waals surface area (Å²) in [6.45, 7) is 3.12. The normalized spacial score (nSPS) is 18.0. The quantitative estimate of drug-likeness (QED) is 0.192. The van der Waals surface area contributed by atoms with Crippen LogP contribution in [0, 0.1) is 0 Å². The van der Waals surface area contributed by atoms with Gasteiger partial charge in [0, 0.05) is 31.9 Å². The van der Waals surface area contributed by atoms with Gasteiger partial charge in [-0.1, -0.05) is 25.8 Å². The molecule has 2 aromatic rings. The van der Waals surface area contributed by atoms with Crippen molar-refractivity contribution in [3.63, 3.8) is 0 Å². The Kier molecular flexibility index (Phi) is 11.8. The van der Waals surface area contributed by atoms with Gasteiger partial charge < -0.3 is 19.9 Å². The lowest BCUT2D eigenvalue weighted by atomic mass is 10.1. The number of ether oxygens (including phenoxy) is 3. The summed E-state index contributed by atoms with van der Waals surface area (Å²) in [4.78, 5) is 31.7. The number of halogens is 1. The second kappa shape index (κ2) is 15.3. The predicted molar refractivity (Wildman–Crippen MR) is 147 cm³/mol. The van der Waals surface area contributed by atoms with Crippen LogP contribution in [-0.4, -0.2) is 92.2 Å². The molecule has 2 heterocycles. The molecule has 1 aromatic carbocycles. The highest BCUT2D eigenvalue weighted by Gasteiger charge is 2.27. The number of anilines is 1. The van der Waals surface area contributed by atoms with Crippen LogP contribution in [0.25, 0.3) is 11.0 Å². The highest BCUT2D eigenvalue weighted by atomic mass is 19.1. The summed E-state index contributed by atoms with van der Waals surface area (Å²) in [6.07, 6.45) is 6.74. The Labute approximate surface area is 223 Å². The summed E-state index contributed by atoms with van der Waals surface area (Å²) in [5.41, 5.74) is 7.59. The van der Waals surface area contributed by atoms with E-state index in [1.54, 1.807) is 19.3 Å². The minimum absolute atomic E-state index is 0.222. The molecule has 0 aliphatic carbocycles. The Balaban J connectivity index is 1.66. The maximum absolute atomic E-state index is 14.8. The van der Waals surface area contributed by atoms with Gasteiger partial charge in [-0.3, -0.25) is 19.7 Å². The fraction of sp³-hybridized carbons (Fsp3) is 0.593. The van der Waals surface area contributed by atoms with E-state index in [0.717, 1.165) is 44.2 Å². The molecule has 38 heavy (non-hydrogen) atoms. The van der Waals surface area contributed by atoms with Gasteiger partial charge in [0.2, 0.25) is 0 Å². The van der Waals surface area contributed by atoms with Crippen LogP contribution in [0.3, 0.4) is 0 Å². The number of likely N-dealkylation sites (N-methyl/N-ethyl adjacent to an activating group) is 1. The minimum Gasteiger partial charge on any atom is -0.488 e. The average Bonchev–Trinajstić information content (AvgIpc) is 3.14. The molecule has 10 nitrogen and oxygen atoms in total. The number of hydrogen-bond donors (Lipinski definition) is 1. The number of aliphatic imine (C=N–C) groups is 2. The van der Waals surface area contributed by atoms with E-state index in [4.69, 9.17) is 19.9 Å². The number of rotatable bonds is 12. The highest BCUT2D eigenvalue weighted by molar-refractivity contribution is 5.91. The number of likely N-dealkylation sites (tertiary alicyclic amines) is 1. The fourth-order valence-corrected chi connectivity index (χ4v) is 4.19. The van der Waals surface area contributed by atoms with Crippen molar-refractivity contribution in [2.24, 2.45) is 9.98 Å². The number of nitrogen functional groups attached to an aromatic ring is 1. The molecule has 0 radical (unpaired) electrons. The smallest absolute Gasteiger partial charge is 0.323 e. The molecular formula is C27H39FN6O4. The molecule has 11 heteroatoms. The summed E-state index contributed by atoms with van der Waals surface area (Å²) >= 11 is 0. The first-order valence-electron chi connectivity index (χ1n) is 13.2. The SMILES string of the molecule is CCCOCC(N=CCc1ccc2ncc(N)nc2c1OCC(F)COC(=O)[C@@H]1CCCCCN1C)=NC. The van der Waals surface area contributed by atoms with Gasteiger partial charge in [-0.05, 0) is 38.9 Å². The number of alkyl halides is 1. The van der Waals surface area contributed by atoms with Crippen molar-refractivity contribution in [1.82, 2.24) is 14.9 Å². The van der Waals surface area contributed by atoms with Crippen molar-refractivity contribution in [2.75, 3.05) is 52.8 Å². The Bertz CT molecular complexity index is 1110. The van der Waals surface area contributed by atoms with Crippen LogP contribution in [0.15, 0.2) is 28.3 Å². The van der Waals surface area contributed by atoms with Crippen LogP contribution in [0.1, 0.15) is 44.6 Å². The van der Waals surface area contributed by atoms with Crippen LogP contribution < -0.4 is 10.5 Å². The number of esters is 1. The molecule has 3 rings (SSSR count). The molecule has 2 atom stereocenters. The lowest BCUT2D eigenvalue weighted by Crippen LogP contribution is -2.40. The first-order chi connectivity index (χ1) is 18.4. The van der Waals surface area contributed by atoms with Crippen LogP contribution in [0.2, 0.25) is 0 Å². The van der Waals surface area contributed by atoms with Gasteiger partial charge in [-0.25, -0.2) is 14.4 Å². The highest BCUT2D eigenvalue weighted by Crippen LogP contribution is 2.29. The summed E-state index contributed by atoms with van der Waals surface area (Å²) in [7, 11) is 3.56. The zero-order valence-corrected chi connectivity index (χ0v) is 22.6. The number of fused-ring (bicyclic) bond motifs is 1. The molecule has 1 fully saturated rings. The van der Waals surface area contributed by atoms with Crippen molar-refractivity contribution in [3.05, 3.63) is 23.9 Å². The third-order valence-corrected chi connectivity index (χ3v) is 6.27. The molecule has 1 aliphatic heterocycles. The van der Waals surface area contributed by atoms with Gasteiger partial charge in [0.15, 0.2) is 11.9 Å². The largest absolute Gasteiger partial charge is 0.488 e. The van der Waals surface area contributed by atoms with E-state index in [-0.39, 0.29) is 25.1 Å². The predicted octanol–water partition coefficient (Wildman–Crippen LogP) is 3.41. The van der Waals surface area contributed by atoms with E-state index in [9.17, 15) is 9.18 Å². The average molecular weight is 531 g/mol.